The maximum Gasteiger partial charge on any atom is 0.336 e. The standard InChI is InChI=1S/C20H21FO5S/c1-20(2,26-3)18(13-8-10-16(11-9-13)27(4,24)25)17(19(22)23)14-6-5-7-15(21)12-14/h5-12H,1-4H3,(H,22,23)/b18-17-. The summed E-state index contributed by atoms with van der Waals surface area (Å²) in [5.41, 5.74) is -0.186. The Kier molecular flexibility index (Phi) is 5.87. The van der Waals surface area contributed by atoms with Crippen molar-refractivity contribution >= 4 is 27.0 Å². The van der Waals surface area contributed by atoms with E-state index in [4.69, 9.17) is 4.74 Å². The molecule has 2 aromatic rings. The maximum atomic E-state index is 13.7. The van der Waals surface area contributed by atoms with Crippen molar-refractivity contribution in [1.29, 1.82) is 0 Å². The average Bonchev–Trinajstić information content (AvgIpc) is 2.58. The number of methoxy groups -OCH3 is 1. The van der Waals surface area contributed by atoms with E-state index in [1.54, 1.807) is 13.8 Å². The summed E-state index contributed by atoms with van der Waals surface area (Å²) in [7, 11) is -1.95. The van der Waals surface area contributed by atoms with Crippen LogP contribution in [0.3, 0.4) is 0 Å². The van der Waals surface area contributed by atoms with E-state index in [1.165, 1.54) is 49.6 Å². The molecule has 0 aromatic heterocycles. The Bertz CT molecular complexity index is 989. The third kappa shape index (κ3) is 4.61. The normalized spacial score (nSPS) is 13.2. The fraction of sp³-hybridized carbons (Fsp3) is 0.250. The van der Waals surface area contributed by atoms with Crippen molar-refractivity contribution in [3.63, 3.8) is 0 Å². The molecule has 2 rings (SSSR count). The van der Waals surface area contributed by atoms with Gasteiger partial charge in [-0.05, 0) is 49.2 Å². The van der Waals surface area contributed by atoms with E-state index in [0.29, 0.717) is 11.1 Å². The molecule has 27 heavy (non-hydrogen) atoms. The smallest absolute Gasteiger partial charge is 0.336 e. The number of rotatable bonds is 6. The average molecular weight is 392 g/mol. The lowest BCUT2D eigenvalue weighted by molar-refractivity contribution is -0.130. The van der Waals surface area contributed by atoms with E-state index < -0.39 is 27.2 Å². The van der Waals surface area contributed by atoms with Crippen LogP contribution in [-0.2, 0) is 19.4 Å². The van der Waals surface area contributed by atoms with Crippen LogP contribution in [0.1, 0.15) is 25.0 Å². The van der Waals surface area contributed by atoms with Gasteiger partial charge in [-0.3, -0.25) is 0 Å². The Balaban J connectivity index is 2.84. The van der Waals surface area contributed by atoms with Gasteiger partial charge in [-0.1, -0.05) is 24.3 Å². The molecule has 0 saturated carbocycles. The minimum absolute atomic E-state index is 0.114. The molecule has 0 aliphatic rings. The molecule has 0 unspecified atom stereocenters. The zero-order valence-corrected chi connectivity index (χ0v) is 16.3. The van der Waals surface area contributed by atoms with Gasteiger partial charge in [0, 0.05) is 18.9 Å². The fourth-order valence-electron chi connectivity index (χ4n) is 2.78. The first kappa shape index (κ1) is 20.8. The van der Waals surface area contributed by atoms with Crippen LogP contribution in [0.4, 0.5) is 4.39 Å². The van der Waals surface area contributed by atoms with E-state index in [2.05, 4.69) is 0 Å². The number of benzene rings is 2. The van der Waals surface area contributed by atoms with Crippen molar-refractivity contribution in [3.8, 4) is 0 Å². The summed E-state index contributed by atoms with van der Waals surface area (Å²) in [4.78, 5) is 12.2. The Morgan fingerprint density at radius 3 is 2.11 bits per heavy atom. The summed E-state index contributed by atoms with van der Waals surface area (Å²) < 4.78 is 42.6. The molecule has 0 spiro atoms. The maximum absolute atomic E-state index is 13.7. The molecule has 144 valence electrons. The highest BCUT2D eigenvalue weighted by Gasteiger charge is 2.31. The van der Waals surface area contributed by atoms with Crippen molar-refractivity contribution in [3.05, 3.63) is 65.5 Å². The third-order valence-corrected chi connectivity index (χ3v) is 5.39. The summed E-state index contributed by atoms with van der Waals surface area (Å²) in [5, 5.41) is 9.86. The summed E-state index contributed by atoms with van der Waals surface area (Å²) in [5.74, 6) is -1.80. The van der Waals surface area contributed by atoms with Gasteiger partial charge in [-0.25, -0.2) is 17.6 Å². The van der Waals surface area contributed by atoms with Gasteiger partial charge in [-0.2, -0.15) is 0 Å². The lowest BCUT2D eigenvalue weighted by atomic mass is 9.84. The molecule has 0 amide bonds. The monoisotopic (exact) mass is 392 g/mol. The zero-order chi connectivity index (χ0) is 20.4. The third-order valence-electron chi connectivity index (χ3n) is 4.26. The number of hydrogen-bond donors (Lipinski definition) is 1. The first-order valence-corrected chi connectivity index (χ1v) is 9.96. The summed E-state index contributed by atoms with van der Waals surface area (Å²) in [6.07, 6.45) is 1.09. The molecule has 0 fully saturated rings. The van der Waals surface area contributed by atoms with E-state index in [1.807, 2.05) is 0 Å². The van der Waals surface area contributed by atoms with Gasteiger partial charge in [0.1, 0.15) is 5.82 Å². The molecule has 0 bridgehead atoms. The van der Waals surface area contributed by atoms with Gasteiger partial charge >= 0.3 is 5.97 Å². The number of carboxylic acids is 1. The topological polar surface area (TPSA) is 80.7 Å². The summed E-state index contributed by atoms with van der Waals surface area (Å²) >= 11 is 0. The number of carboxylic acid groups (broad SMARTS) is 1. The highest BCUT2D eigenvalue weighted by Crippen LogP contribution is 2.37. The van der Waals surface area contributed by atoms with E-state index in [-0.39, 0.29) is 16.0 Å². The van der Waals surface area contributed by atoms with E-state index >= 15 is 0 Å². The van der Waals surface area contributed by atoms with Crippen molar-refractivity contribution in [2.45, 2.75) is 24.3 Å². The number of sulfone groups is 1. The Hall–Kier alpha value is -2.51. The zero-order valence-electron chi connectivity index (χ0n) is 15.5. The Morgan fingerprint density at radius 2 is 1.67 bits per heavy atom. The van der Waals surface area contributed by atoms with Crippen molar-refractivity contribution in [2.24, 2.45) is 0 Å². The van der Waals surface area contributed by atoms with Gasteiger partial charge in [-0.15, -0.1) is 0 Å². The van der Waals surface area contributed by atoms with Crippen LogP contribution in [0, 0.1) is 5.82 Å². The number of ether oxygens (including phenoxy) is 1. The number of hydrogen-bond acceptors (Lipinski definition) is 4. The lowest BCUT2D eigenvalue weighted by Gasteiger charge is -2.29. The fourth-order valence-corrected chi connectivity index (χ4v) is 3.41. The van der Waals surface area contributed by atoms with Gasteiger partial charge in [0.15, 0.2) is 9.84 Å². The highest BCUT2D eigenvalue weighted by atomic mass is 32.2. The van der Waals surface area contributed by atoms with Gasteiger partial charge < -0.3 is 9.84 Å². The van der Waals surface area contributed by atoms with E-state index in [9.17, 15) is 22.7 Å². The van der Waals surface area contributed by atoms with E-state index in [0.717, 1.165) is 12.3 Å². The van der Waals surface area contributed by atoms with Crippen molar-refractivity contribution < 1.29 is 27.4 Å². The molecular weight excluding hydrogens is 371 g/mol. The Morgan fingerprint density at radius 1 is 1.07 bits per heavy atom. The molecule has 0 atom stereocenters. The molecule has 1 N–H and O–H groups in total. The van der Waals surface area contributed by atoms with Gasteiger partial charge in [0.2, 0.25) is 0 Å². The van der Waals surface area contributed by atoms with Crippen LogP contribution in [0.15, 0.2) is 53.4 Å². The second-order valence-corrected chi connectivity index (χ2v) is 8.59. The van der Waals surface area contributed by atoms with Crippen LogP contribution in [-0.4, -0.2) is 38.5 Å². The molecule has 0 aliphatic heterocycles. The van der Waals surface area contributed by atoms with Crippen LogP contribution in [0.25, 0.3) is 11.1 Å². The molecule has 0 radical (unpaired) electrons. The summed E-state index contributed by atoms with van der Waals surface area (Å²) in [6, 6.07) is 11.2. The number of carbonyl (C=O) groups is 1. The SMILES string of the molecule is COC(C)(C)/C(=C(\C(=O)O)c1cccc(F)c1)c1ccc(S(C)(=O)=O)cc1. The molecule has 7 heteroatoms. The van der Waals surface area contributed by atoms with Crippen LogP contribution in [0.5, 0.6) is 0 Å². The van der Waals surface area contributed by atoms with Crippen LogP contribution < -0.4 is 0 Å². The Labute approximate surface area is 158 Å². The predicted octanol–water partition coefficient (Wildman–Crippen LogP) is 3.65. The minimum atomic E-state index is -3.39. The molecular formula is C20H21FO5S. The minimum Gasteiger partial charge on any atom is -0.478 e. The number of halogens is 1. The van der Waals surface area contributed by atoms with Crippen LogP contribution >= 0.6 is 0 Å². The first-order valence-electron chi connectivity index (χ1n) is 8.07. The molecule has 0 heterocycles. The van der Waals surface area contributed by atoms with Crippen LogP contribution in [0.2, 0.25) is 0 Å². The molecule has 5 nitrogen and oxygen atoms in total. The first-order chi connectivity index (χ1) is 12.5. The second kappa shape index (κ2) is 7.62. The molecule has 0 aliphatic carbocycles. The number of aliphatic carboxylic acids is 1. The quantitative estimate of drug-likeness (QED) is 0.600. The molecule has 2 aromatic carbocycles. The highest BCUT2D eigenvalue weighted by molar-refractivity contribution is 7.90. The largest absolute Gasteiger partial charge is 0.478 e. The van der Waals surface area contributed by atoms with Crippen molar-refractivity contribution in [2.75, 3.05) is 13.4 Å². The van der Waals surface area contributed by atoms with Gasteiger partial charge in [0.25, 0.3) is 0 Å². The predicted molar refractivity (Wildman–Crippen MR) is 101 cm³/mol. The summed E-state index contributed by atoms with van der Waals surface area (Å²) in [6.45, 7) is 3.38. The van der Waals surface area contributed by atoms with Crippen molar-refractivity contribution in [1.82, 2.24) is 0 Å². The lowest BCUT2D eigenvalue weighted by Crippen LogP contribution is -2.27. The second-order valence-electron chi connectivity index (χ2n) is 6.58. The molecule has 0 saturated heterocycles. The van der Waals surface area contributed by atoms with Gasteiger partial charge in [0.05, 0.1) is 16.1 Å².